The number of aldehydes is 1. The Bertz CT molecular complexity index is 114. The zero-order valence-electron chi connectivity index (χ0n) is 6.73. The Balaban J connectivity index is 2.26. The Kier molecular flexibility index (Phi) is 2.47. The van der Waals surface area contributed by atoms with Gasteiger partial charge in [0, 0.05) is 5.41 Å². The SMILES string of the molecule is CCCCC1(C=O)CCC1. The first-order chi connectivity index (χ1) is 4.83. The van der Waals surface area contributed by atoms with Crippen molar-refractivity contribution in [2.45, 2.75) is 45.4 Å². The van der Waals surface area contributed by atoms with Gasteiger partial charge in [-0.05, 0) is 19.3 Å². The molecule has 0 amide bonds. The van der Waals surface area contributed by atoms with Crippen molar-refractivity contribution in [2.24, 2.45) is 5.41 Å². The summed E-state index contributed by atoms with van der Waals surface area (Å²) in [6.07, 6.45) is 8.32. The van der Waals surface area contributed by atoms with Crippen LogP contribution in [0.3, 0.4) is 0 Å². The van der Waals surface area contributed by atoms with Crippen molar-refractivity contribution in [1.29, 1.82) is 0 Å². The zero-order valence-corrected chi connectivity index (χ0v) is 6.73. The summed E-state index contributed by atoms with van der Waals surface area (Å²) in [6.45, 7) is 2.18. The molecule has 1 rings (SSSR count). The molecule has 1 heteroatoms. The number of carbonyl (C=O) groups is 1. The second kappa shape index (κ2) is 3.18. The van der Waals surface area contributed by atoms with Gasteiger partial charge in [-0.1, -0.05) is 26.2 Å². The highest BCUT2D eigenvalue weighted by molar-refractivity contribution is 5.60. The van der Waals surface area contributed by atoms with Gasteiger partial charge in [0.05, 0.1) is 0 Å². The molecule has 0 atom stereocenters. The third-order valence-corrected chi connectivity index (χ3v) is 2.63. The first-order valence-corrected chi connectivity index (χ1v) is 4.29. The molecule has 1 aliphatic carbocycles. The van der Waals surface area contributed by atoms with Crippen molar-refractivity contribution in [3.63, 3.8) is 0 Å². The van der Waals surface area contributed by atoms with Gasteiger partial charge >= 0.3 is 0 Å². The molecule has 0 bridgehead atoms. The van der Waals surface area contributed by atoms with Crippen molar-refractivity contribution in [2.75, 3.05) is 0 Å². The van der Waals surface area contributed by atoms with Gasteiger partial charge in [0.2, 0.25) is 0 Å². The van der Waals surface area contributed by atoms with Crippen LogP contribution in [0.25, 0.3) is 0 Å². The molecule has 0 radical (unpaired) electrons. The van der Waals surface area contributed by atoms with E-state index in [1.54, 1.807) is 0 Å². The predicted molar refractivity (Wildman–Crippen MR) is 41.9 cm³/mol. The van der Waals surface area contributed by atoms with Crippen LogP contribution in [0.4, 0.5) is 0 Å². The molecule has 0 spiro atoms. The average Bonchev–Trinajstić information content (AvgIpc) is 1.87. The molecule has 0 saturated heterocycles. The van der Waals surface area contributed by atoms with Gasteiger partial charge in [-0.2, -0.15) is 0 Å². The summed E-state index contributed by atoms with van der Waals surface area (Å²) in [5, 5.41) is 0. The fourth-order valence-electron chi connectivity index (χ4n) is 1.59. The van der Waals surface area contributed by atoms with Crippen molar-refractivity contribution < 1.29 is 4.79 Å². The van der Waals surface area contributed by atoms with Crippen molar-refractivity contribution in [3.05, 3.63) is 0 Å². The molecule has 1 aliphatic rings. The molecule has 0 aliphatic heterocycles. The van der Waals surface area contributed by atoms with Crippen LogP contribution in [0.2, 0.25) is 0 Å². The van der Waals surface area contributed by atoms with E-state index in [0.29, 0.717) is 0 Å². The van der Waals surface area contributed by atoms with Gasteiger partial charge in [0.25, 0.3) is 0 Å². The van der Waals surface area contributed by atoms with Crippen LogP contribution in [0.15, 0.2) is 0 Å². The largest absolute Gasteiger partial charge is 0.303 e. The molecule has 58 valence electrons. The maximum absolute atomic E-state index is 10.6. The summed E-state index contributed by atoms with van der Waals surface area (Å²) in [5.41, 5.74) is 0.135. The Labute approximate surface area is 62.8 Å². The van der Waals surface area contributed by atoms with E-state index in [4.69, 9.17) is 0 Å². The van der Waals surface area contributed by atoms with E-state index < -0.39 is 0 Å². The van der Waals surface area contributed by atoms with Crippen LogP contribution in [-0.2, 0) is 4.79 Å². The zero-order chi connectivity index (χ0) is 7.45. The average molecular weight is 140 g/mol. The normalized spacial score (nSPS) is 21.7. The fourth-order valence-corrected chi connectivity index (χ4v) is 1.59. The third-order valence-electron chi connectivity index (χ3n) is 2.63. The van der Waals surface area contributed by atoms with E-state index in [1.165, 1.54) is 25.5 Å². The molecular weight excluding hydrogens is 124 g/mol. The second-order valence-electron chi connectivity index (χ2n) is 3.44. The number of rotatable bonds is 4. The van der Waals surface area contributed by atoms with E-state index in [9.17, 15) is 4.79 Å². The summed E-state index contributed by atoms with van der Waals surface area (Å²) in [5.74, 6) is 0. The van der Waals surface area contributed by atoms with Gasteiger partial charge in [0.1, 0.15) is 6.29 Å². The lowest BCUT2D eigenvalue weighted by Crippen LogP contribution is -2.30. The van der Waals surface area contributed by atoms with Gasteiger partial charge in [-0.15, -0.1) is 0 Å². The summed E-state index contributed by atoms with van der Waals surface area (Å²) in [6, 6.07) is 0. The quantitative estimate of drug-likeness (QED) is 0.548. The number of hydrogen-bond donors (Lipinski definition) is 0. The highest BCUT2D eigenvalue weighted by atomic mass is 16.1. The maximum atomic E-state index is 10.6. The Morgan fingerprint density at radius 3 is 2.50 bits per heavy atom. The molecule has 0 aromatic carbocycles. The van der Waals surface area contributed by atoms with Crippen LogP contribution < -0.4 is 0 Å². The summed E-state index contributed by atoms with van der Waals surface area (Å²) < 4.78 is 0. The van der Waals surface area contributed by atoms with E-state index >= 15 is 0 Å². The smallest absolute Gasteiger partial charge is 0.126 e. The number of carbonyl (C=O) groups excluding carboxylic acids is 1. The van der Waals surface area contributed by atoms with Gasteiger partial charge < -0.3 is 4.79 Å². The molecule has 1 fully saturated rings. The predicted octanol–water partition coefficient (Wildman–Crippen LogP) is 2.55. The van der Waals surface area contributed by atoms with Crippen molar-refractivity contribution in [1.82, 2.24) is 0 Å². The molecule has 1 saturated carbocycles. The molecule has 0 aromatic heterocycles. The minimum absolute atomic E-state index is 0.135. The molecule has 0 heterocycles. The standard InChI is InChI=1S/C9H16O/c1-2-3-5-9(8-10)6-4-7-9/h8H,2-7H2,1H3. The molecular formula is C9H16O. The fraction of sp³-hybridized carbons (Fsp3) is 0.889. The number of unbranched alkanes of at least 4 members (excludes halogenated alkanes) is 1. The molecule has 0 aromatic rings. The first kappa shape index (κ1) is 7.77. The lowest BCUT2D eigenvalue weighted by molar-refractivity contribution is -0.121. The topological polar surface area (TPSA) is 17.1 Å². The molecule has 1 nitrogen and oxygen atoms in total. The third kappa shape index (κ3) is 1.39. The van der Waals surface area contributed by atoms with Crippen LogP contribution in [0.5, 0.6) is 0 Å². The minimum Gasteiger partial charge on any atom is -0.303 e. The lowest BCUT2D eigenvalue weighted by Gasteiger charge is -2.36. The highest BCUT2D eigenvalue weighted by Gasteiger charge is 2.35. The van der Waals surface area contributed by atoms with Crippen LogP contribution in [0.1, 0.15) is 45.4 Å². The van der Waals surface area contributed by atoms with Gasteiger partial charge in [0.15, 0.2) is 0 Å². The van der Waals surface area contributed by atoms with E-state index in [2.05, 4.69) is 6.92 Å². The summed E-state index contributed by atoms with van der Waals surface area (Å²) >= 11 is 0. The Hall–Kier alpha value is -0.330. The van der Waals surface area contributed by atoms with E-state index in [-0.39, 0.29) is 5.41 Å². The van der Waals surface area contributed by atoms with Crippen LogP contribution >= 0.6 is 0 Å². The van der Waals surface area contributed by atoms with Crippen LogP contribution in [0, 0.1) is 5.41 Å². The maximum Gasteiger partial charge on any atom is 0.126 e. The molecule has 0 unspecified atom stereocenters. The highest BCUT2D eigenvalue weighted by Crippen LogP contribution is 2.42. The Morgan fingerprint density at radius 1 is 1.50 bits per heavy atom. The van der Waals surface area contributed by atoms with E-state index in [1.807, 2.05) is 0 Å². The van der Waals surface area contributed by atoms with Crippen molar-refractivity contribution >= 4 is 6.29 Å². The van der Waals surface area contributed by atoms with Crippen molar-refractivity contribution in [3.8, 4) is 0 Å². The molecule has 10 heavy (non-hydrogen) atoms. The monoisotopic (exact) mass is 140 g/mol. The second-order valence-corrected chi connectivity index (χ2v) is 3.44. The summed E-state index contributed by atoms with van der Waals surface area (Å²) in [7, 11) is 0. The van der Waals surface area contributed by atoms with Crippen LogP contribution in [-0.4, -0.2) is 6.29 Å². The minimum atomic E-state index is 0.135. The first-order valence-electron chi connectivity index (χ1n) is 4.29. The van der Waals surface area contributed by atoms with Gasteiger partial charge in [-0.25, -0.2) is 0 Å². The summed E-state index contributed by atoms with van der Waals surface area (Å²) in [4.78, 5) is 10.6. The van der Waals surface area contributed by atoms with E-state index in [0.717, 1.165) is 19.3 Å². The number of hydrogen-bond acceptors (Lipinski definition) is 1. The van der Waals surface area contributed by atoms with Gasteiger partial charge in [-0.3, -0.25) is 0 Å². The molecule has 0 N–H and O–H groups in total. The lowest BCUT2D eigenvalue weighted by atomic mass is 9.67. The Morgan fingerprint density at radius 2 is 2.20 bits per heavy atom.